The number of likely N-dealkylation sites (N-methyl/N-ethyl adjacent to an activating group) is 1. The van der Waals surface area contributed by atoms with E-state index in [-0.39, 0.29) is 12.1 Å². The van der Waals surface area contributed by atoms with Crippen LogP contribution < -0.4 is 5.32 Å². The molecular formula is C17H30N2O3. The lowest BCUT2D eigenvalue weighted by Gasteiger charge is -2.27. The van der Waals surface area contributed by atoms with Gasteiger partial charge in [0.25, 0.3) is 0 Å². The standard InChI is InChI=1S/C17H30N2O3/c1-8-19(16(20)22-17(5,6)7)10-9-18-13(3)15-11-12(2)21-14(15)4/h11,13,18H,8-10H2,1-7H3. The molecule has 0 radical (unpaired) electrons. The Morgan fingerprint density at radius 2 is 2.05 bits per heavy atom. The highest BCUT2D eigenvalue weighted by molar-refractivity contribution is 5.68. The van der Waals surface area contributed by atoms with Crippen molar-refractivity contribution < 1.29 is 13.9 Å². The number of hydrogen-bond acceptors (Lipinski definition) is 4. The van der Waals surface area contributed by atoms with Crippen LogP contribution in [0.15, 0.2) is 10.5 Å². The molecule has 1 amide bonds. The first-order valence-corrected chi connectivity index (χ1v) is 7.92. The number of nitrogens with one attached hydrogen (secondary N) is 1. The Morgan fingerprint density at radius 1 is 1.41 bits per heavy atom. The molecule has 1 heterocycles. The third-order valence-corrected chi connectivity index (χ3v) is 3.41. The summed E-state index contributed by atoms with van der Waals surface area (Å²) in [5.41, 5.74) is 0.703. The Bertz CT molecular complexity index is 489. The number of carbonyl (C=O) groups is 1. The lowest BCUT2D eigenvalue weighted by atomic mass is 10.1. The van der Waals surface area contributed by atoms with Gasteiger partial charge in [0.1, 0.15) is 17.1 Å². The Balaban J connectivity index is 2.47. The minimum atomic E-state index is -0.462. The third kappa shape index (κ3) is 5.72. The second-order valence-corrected chi connectivity index (χ2v) is 6.60. The SMILES string of the molecule is CCN(CCNC(C)c1cc(C)oc1C)C(=O)OC(C)(C)C. The van der Waals surface area contributed by atoms with Crippen LogP contribution in [-0.2, 0) is 4.74 Å². The van der Waals surface area contributed by atoms with Crippen molar-refractivity contribution in [2.24, 2.45) is 0 Å². The van der Waals surface area contributed by atoms with E-state index in [0.717, 1.165) is 17.1 Å². The number of ether oxygens (including phenoxy) is 1. The van der Waals surface area contributed by atoms with Crippen molar-refractivity contribution in [3.63, 3.8) is 0 Å². The van der Waals surface area contributed by atoms with Crippen LogP contribution in [0.1, 0.15) is 57.7 Å². The number of carbonyl (C=O) groups excluding carboxylic acids is 1. The Labute approximate surface area is 134 Å². The summed E-state index contributed by atoms with van der Waals surface area (Å²) in [6.07, 6.45) is -0.264. The number of amides is 1. The van der Waals surface area contributed by atoms with Gasteiger partial charge in [0.05, 0.1) is 0 Å². The van der Waals surface area contributed by atoms with Crippen LogP contribution in [0.5, 0.6) is 0 Å². The molecule has 5 heteroatoms. The van der Waals surface area contributed by atoms with E-state index in [9.17, 15) is 4.79 Å². The molecule has 1 rings (SSSR count). The van der Waals surface area contributed by atoms with Gasteiger partial charge in [-0.15, -0.1) is 0 Å². The average Bonchev–Trinajstić information content (AvgIpc) is 2.71. The molecule has 0 aliphatic heterocycles. The molecule has 0 spiro atoms. The summed E-state index contributed by atoms with van der Waals surface area (Å²) >= 11 is 0. The highest BCUT2D eigenvalue weighted by Gasteiger charge is 2.21. The molecule has 22 heavy (non-hydrogen) atoms. The lowest BCUT2D eigenvalue weighted by Crippen LogP contribution is -2.40. The van der Waals surface area contributed by atoms with Crippen molar-refractivity contribution in [2.45, 2.75) is 60.1 Å². The van der Waals surface area contributed by atoms with Gasteiger partial charge in [-0.1, -0.05) is 0 Å². The van der Waals surface area contributed by atoms with Gasteiger partial charge in [-0.25, -0.2) is 4.79 Å². The van der Waals surface area contributed by atoms with Crippen LogP contribution in [0, 0.1) is 13.8 Å². The largest absolute Gasteiger partial charge is 0.466 e. The summed E-state index contributed by atoms with van der Waals surface area (Å²) in [5.74, 6) is 1.86. The predicted molar refractivity (Wildman–Crippen MR) is 88.1 cm³/mol. The summed E-state index contributed by atoms with van der Waals surface area (Å²) in [4.78, 5) is 13.8. The van der Waals surface area contributed by atoms with Crippen molar-refractivity contribution in [1.29, 1.82) is 0 Å². The number of aryl methyl sites for hydroxylation is 2. The molecule has 1 N–H and O–H groups in total. The zero-order valence-corrected chi connectivity index (χ0v) is 14.9. The maximum absolute atomic E-state index is 12.1. The summed E-state index contributed by atoms with van der Waals surface area (Å²) in [6, 6.07) is 2.24. The van der Waals surface area contributed by atoms with Crippen molar-refractivity contribution in [2.75, 3.05) is 19.6 Å². The van der Waals surface area contributed by atoms with Gasteiger partial charge in [0.15, 0.2) is 0 Å². The van der Waals surface area contributed by atoms with E-state index in [2.05, 4.69) is 18.3 Å². The molecule has 1 atom stereocenters. The number of hydrogen-bond donors (Lipinski definition) is 1. The summed E-state index contributed by atoms with van der Waals surface area (Å²) in [5, 5.41) is 3.43. The predicted octanol–water partition coefficient (Wildman–Crippen LogP) is 3.80. The average molecular weight is 310 g/mol. The Kier molecular flexibility index (Phi) is 6.48. The lowest BCUT2D eigenvalue weighted by molar-refractivity contribution is 0.0261. The first-order valence-electron chi connectivity index (χ1n) is 7.92. The smallest absolute Gasteiger partial charge is 0.410 e. The highest BCUT2D eigenvalue weighted by atomic mass is 16.6. The van der Waals surface area contributed by atoms with Crippen LogP contribution in [0.25, 0.3) is 0 Å². The minimum absolute atomic E-state index is 0.190. The molecule has 1 aromatic heterocycles. The zero-order chi connectivity index (χ0) is 16.9. The fourth-order valence-corrected chi connectivity index (χ4v) is 2.31. The number of furan rings is 1. The number of nitrogens with zero attached hydrogens (tertiary/aromatic N) is 1. The molecule has 0 saturated carbocycles. The van der Waals surface area contributed by atoms with E-state index < -0.39 is 5.60 Å². The molecular weight excluding hydrogens is 280 g/mol. The molecule has 0 saturated heterocycles. The third-order valence-electron chi connectivity index (χ3n) is 3.41. The van der Waals surface area contributed by atoms with Crippen LogP contribution in [0.4, 0.5) is 4.79 Å². The second-order valence-electron chi connectivity index (χ2n) is 6.60. The normalized spacial score (nSPS) is 13.0. The van der Waals surface area contributed by atoms with Gasteiger partial charge < -0.3 is 19.4 Å². The van der Waals surface area contributed by atoms with Crippen molar-refractivity contribution in [3.05, 3.63) is 23.2 Å². The minimum Gasteiger partial charge on any atom is -0.466 e. The monoisotopic (exact) mass is 310 g/mol. The van der Waals surface area contributed by atoms with Crippen molar-refractivity contribution in [3.8, 4) is 0 Å². The van der Waals surface area contributed by atoms with Gasteiger partial charge >= 0.3 is 6.09 Å². The molecule has 5 nitrogen and oxygen atoms in total. The highest BCUT2D eigenvalue weighted by Crippen LogP contribution is 2.20. The van der Waals surface area contributed by atoms with Crippen LogP contribution in [-0.4, -0.2) is 36.2 Å². The van der Waals surface area contributed by atoms with E-state index in [1.165, 1.54) is 0 Å². The quantitative estimate of drug-likeness (QED) is 0.868. The van der Waals surface area contributed by atoms with Gasteiger partial charge in [-0.05, 0) is 54.5 Å². The first kappa shape index (κ1) is 18.6. The second kappa shape index (κ2) is 7.68. The molecule has 0 fully saturated rings. The van der Waals surface area contributed by atoms with Gasteiger partial charge in [0.2, 0.25) is 0 Å². The first-order chi connectivity index (χ1) is 10.1. The Hall–Kier alpha value is -1.49. The maximum atomic E-state index is 12.1. The van der Waals surface area contributed by atoms with E-state index in [1.807, 2.05) is 41.5 Å². The molecule has 1 aromatic rings. The van der Waals surface area contributed by atoms with Crippen molar-refractivity contribution in [1.82, 2.24) is 10.2 Å². The van der Waals surface area contributed by atoms with Crippen LogP contribution >= 0.6 is 0 Å². The number of rotatable bonds is 6. The molecule has 0 aliphatic carbocycles. The van der Waals surface area contributed by atoms with Gasteiger partial charge in [0, 0.05) is 31.2 Å². The maximum Gasteiger partial charge on any atom is 0.410 e. The van der Waals surface area contributed by atoms with Crippen LogP contribution in [0.2, 0.25) is 0 Å². The van der Waals surface area contributed by atoms with Gasteiger partial charge in [-0.3, -0.25) is 0 Å². The summed E-state index contributed by atoms with van der Waals surface area (Å²) in [6.45, 7) is 15.6. The van der Waals surface area contributed by atoms with Crippen molar-refractivity contribution >= 4 is 6.09 Å². The van der Waals surface area contributed by atoms with E-state index >= 15 is 0 Å². The zero-order valence-electron chi connectivity index (χ0n) is 14.9. The molecule has 1 unspecified atom stereocenters. The van der Waals surface area contributed by atoms with E-state index in [4.69, 9.17) is 9.15 Å². The topological polar surface area (TPSA) is 54.7 Å². The summed E-state index contributed by atoms with van der Waals surface area (Å²) < 4.78 is 11.0. The molecule has 0 bridgehead atoms. The van der Waals surface area contributed by atoms with Crippen LogP contribution in [0.3, 0.4) is 0 Å². The molecule has 0 aliphatic rings. The van der Waals surface area contributed by atoms with Gasteiger partial charge in [-0.2, -0.15) is 0 Å². The fourth-order valence-electron chi connectivity index (χ4n) is 2.31. The summed E-state index contributed by atoms with van der Waals surface area (Å²) in [7, 11) is 0. The van der Waals surface area contributed by atoms with E-state index in [1.54, 1.807) is 4.90 Å². The fraction of sp³-hybridized carbons (Fsp3) is 0.706. The molecule has 126 valence electrons. The Morgan fingerprint density at radius 3 is 2.50 bits per heavy atom. The molecule has 0 aromatic carbocycles. The van der Waals surface area contributed by atoms with E-state index in [0.29, 0.717) is 19.6 Å².